The lowest BCUT2D eigenvalue weighted by Crippen LogP contribution is -2.40. The lowest BCUT2D eigenvalue weighted by Gasteiger charge is -2.35. The minimum Gasteiger partial charge on any atom is -0.362 e. The molecule has 1 atom stereocenters. The largest absolute Gasteiger partial charge is 0.362 e. The molecule has 1 fully saturated rings. The minimum atomic E-state index is 0.702. The van der Waals surface area contributed by atoms with E-state index < -0.39 is 0 Å². The van der Waals surface area contributed by atoms with Gasteiger partial charge in [-0.2, -0.15) is 0 Å². The summed E-state index contributed by atoms with van der Waals surface area (Å²) in [6.07, 6.45) is 6.53. The highest BCUT2D eigenvalue weighted by molar-refractivity contribution is 9.10. The molecule has 1 heterocycles. The van der Waals surface area contributed by atoms with Crippen LogP contribution in [0.1, 0.15) is 39.0 Å². The molecular weight excluding hydrogens is 358 g/mol. The molecule has 122 valence electrons. The minimum absolute atomic E-state index is 0.702. The summed E-state index contributed by atoms with van der Waals surface area (Å²) in [4.78, 5) is 2.65. The highest BCUT2D eigenvalue weighted by Gasteiger charge is 2.19. The van der Waals surface area contributed by atoms with Gasteiger partial charge in [0, 0.05) is 29.3 Å². The van der Waals surface area contributed by atoms with Crippen molar-refractivity contribution in [1.29, 1.82) is 0 Å². The first-order valence-electron chi connectivity index (χ1n) is 8.23. The van der Waals surface area contributed by atoms with Crippen LogP contribution in [0.3, 0.4) is 0 Å². The van der Waals surface area contributed by atoms with Gasteiger partial charge in [0.15, 0.2) is 5.11 Å². The smallest absolute Gasteiger partial charge is 0.170 e. The molecule has 22 heavy (non-hydrogen) atoms. The summed E-state index contributed by atoms with van der Waals surface area (Å²) in [5.74, 6) is 0. The molecule has 1 aromatic carbocycles. The molecule has 3 nitrogen and oxygen atoms in total. The van der Waals surface area contributed by atoms with Gasteiger partial charge in [-0.1, -0.05) is 29.3 Å². The third-order valence-electron chi connectivity index (χ3n) is 4.23. The van der Waals surface area contributed by atoms with Gasteiger partial charge in [-0.15, -0.1) is 0 Å². The fourth-order valence-corrected chi connectivity index (χ4v) is 3.49. The van der Waals surface area contributed by atoms with Crippen LogP contribution >= 0.6 is 28.1 Å². The van der Waals surface area contributed by atoms with E-state index in [1.165, 1.54) is 38.8 Å². The summed E-state index contributed by atoms with van der Waals surface area (Å²) < 4.78 is 1.07. The highest BCUT2D eigenvalue weighted by atomic mass is 79.9. The number of nitrogens with one attached hydrogen (secondary N) is 2. The number of rotatable bonds is 6. The molecule has 0 radical (unpaired) electrons. The van der Waals surface area contributed by atoms with Gasteiger partial charge in [-0.25, -0.2) is 0 Å². The Balaban J connectivity index is 1.63. The topological polar surface area (TPSA) is 27.3 Å². The predicted octanol–water partition coefficient (Wildman–Crippen LogP) is 4.39. The summed E-state index contributed by atoms with van der Waals surface area (Å²) in [5, 5.41) is 7.22. The Bertz CT molecular complexity index is 463. The Labute approximate surface area is 148 Å². The van der Waals surface area contributed by atoms with E-state index in [0.29, 0.717) is 5.11 Å². The number of anilines is 1. The Hall–Kier alpha value is -0.650. The number of hydrogen-bond acceptors (Lipinski definition) is 2. The summed E-state index contributed by atoms with van der Waals surface area (Å²) in [7, 11) is 0. The van der Waals surface area contributed by atoms with Crippen molar-refractivity contribution in [2.75, 3.05) is 25.0 Å². The summed E-state index contributed by atoms with van der Waals surface area (Å²) >= 11 is 8.77. The fraction of sp³-hybridized carbons (Fsp3) is 0.588. The third-order valence-corrected chi connectivity index (χ3v) is 5.01. The summed E-state index contributed by atoms with van der Waals surface area (Å²) in [5.41, 5.74) is 1.02. The van der Waals surface area contributed by atoms with Crippen LogP contribution in [0, 0.1) is 0 Å². The summed E-state index contributed by atoms with van der Waals surface area (Å²) in [6, 6.07) is 8.83. The first kappa shape index (κ1) is 17.7. The maximum Gasteiger partial charge on any atom is 0.170 e. The molecule has 1 aliphatic heterocycles. The molecule has 0 spiro atoms. The van der Waals surface area contributed by atoms with Crippen LogP contribution in [0.15, 0.2) is 28.7 Å². The van der Waals surface area contributed by atoms with Crippen molar-refractivity contribution in [3.8, 4) is 0 Å². The van der Waals surface area contributed by atoms with Crippen LogP contribution in [0.2, 0.25) is 0 Å². The number of piperidine rings is 1. The number of hydrogen-bond donors (Lipinski definition) is 2. The SMILES string of the molecule is CC[C@@H]1CCCCN1CCCNC(=S)Nc1ccc(Br)cc1. The van der Waals surface area contributed by atoms with E-state index in [1.807, 2.05) is 24.3 Å². The van der Waals surface area contributed by atoms with Crippen molar-refractivity contribution in [3.63, 3.8) is 0 Å². The number of likely N-dealkylation sites (tertiary alicyclic amines) is 1. The Kier molecular flexibility index (Phi) is 7.63. The zero-order valence-electron chi connectivity index (χ0n) is 13.3. The average Bonchev–Trinajstić information content (AvgIpc) is 2.54. The maximum atomic E-state index is 5.34. The molecule has 5 heteroatoms. The van der Waals surface area contributed by atoms with Gasteiger partial charge in [0.05, 0.1) is 0 Å². The second kappa shape index (κ2) is 9.48. The number of benzene rings is 1. The van der Waals surface area contributed by atoms with Crippen LogP contribution in [0.4, 0.5) is 5.69 Å². The molecule has 0 saturated carbocycles. The monoisotopic (exact) mass is 383 g/mol. The Morgan fingerprint density at radius 2 is 2.09 bits per heavy atom. The first-order chi connectivity index (χ1) is 10.7. The van der Waals surface area contributed by atoms with Gasteiger partial charge < -0.3 is 15.5 Å². The van der Waals surface area contributed by atoms with Crippen molar-refractivity contribution in [1.82, 2.24) is 10.2 Å². The molecule has 0 unspecified atom stereocenters. The molecule has 1 saturated heterocycles. The molecular formula is C17H26BrN3S. The normalized spacial score (nSPS) is 18.9. The highest BCUT2D eigenvalue weighted by Crippen LogP contribution is 2.19. The van der Waals surface area contributed by atoms with Crippen molar-refractivity contribution >= 4 is 38.9 Å². The number of thiocarbonyl (C=S) groups is 1. The van der Waals surface area contributed by atoms with E-state index in [1.54, 1.807) is 0 Å². The van der Waals surface area contributed by atoms with Crippen LogP contribution in [-0.2, 0) is 0 Å². The lowest BCUT2D eigenvalue weighted by molar-refractivity contribution is 0.143. The number of nitrogens with zero attached hydrogens (tertiary/aromatic N) is 1. The van der Waals surface area contributed by atoms with Crippen molar-refractivity contribution in [2.24, 2.45) is 0 Å². The van der Waals surface area contributed by atoms with E-state index >= 15 is 0 Å². The van der Waals surface area contributed by atoms with Crippen molar-refractivity contribution < 1.29 is 0 Å². The van der Waals surface area contributed by atoms with Crippen molar-refractivity contribution in [3.05, 3.63) is 28.7 Å². The van der Waals surface area contributed by atoms with Gasteiger partial charge in [-0.3, -0.25) is 0 Å². The zero-order valence-corrected chi connectivity index (χ0v) is 15.7. The van der Waals surface area contributed by atoms with E-state index in [-0.39, 0.29) is 0 Å². The van der Waals surface area contributed by atoms with Crippen LogP contribution in [0.5, 0.6) is 0 Å². The number of halogens is 1. The van der Waals surface area contributed by atoms with Gasteiger partial charge in [0.2, 0.25) is 0 Å². The maximum absolute atomic E-state index is 5.34. The van der Waals surface area contributed by atoms with Crippen LogP contribution in [0.25, 0.3) is 0 Å². The molecule has 2 N–H and O–H groups in total. The molecule has 0 amide bonds. The molecule has 1 aromatic rings. The Morgan fingerprint density at radius 3 is 2.82 bits per heavy atom. The van der Waals surface area contributed by atoms with Crippen LogP contribution < -0.4 is 10.6 Å². The van der Waals surface area contributed by atoms with Gasteiger partial charge in [0.25, 0.3) is 0 Å². The molecule has 2 rings (SSSR count). The van der Waals surface area contributed by atoms with Crippen molar-refractivity contribution in [2.45, 2.75) is 45.1 Å². The second-order valence-electron chi connectivity index (χ2n) is 5.84. The molecule has 0 aliphatic carbocycles. The standard InChI is InChI=1S/C17H26BrN3S/c1-2-16-6-3-4-12-21(16)13-5-11-19-17(22)20-15-9-7-14(18)8-10-15/h7-10,16H,2-6,11-13H2,1H3,(H2,19,20,22)/t16-/m1/s1. The quantitative estimate of drug-likeness (QED) is 0.562. The van der Waals surface area contributed by atoms with E-state index in [9.17, 15) is 0 Å². The van der Waals surface area contributed by atoms with Gasteiger partial charge in [0.1, 0.15) is 0 Å². The predicted molar refractivity (Wildman–Crippen MR) is 102 cm³/mol. The van der Waals surface area contributed by atoms with E-state index in [0.717, 1.165) is 29.2 Å². The van der Waals surface area contributed by atoms with E-state index in [4.69, 9.17) is 12.2 Å². The van der Waals surface area contributed by atoms with Gasteiger partial charge in [-0.05, 0) is 68.7 Å². The molecule has 1 aliphatic rings. The molecule has 0 bridgehead atoms. The summed E-state index contributed by atoms with van der Waals surface area (Å²) in [6.45, 7) is 5.67. The molecule has 0 aromatic heterocycles. The zero-order chi connectivity index (χ0) is 15.8. The third kappa shape index (κ3) is 5.86. The Morgan fingerprint density at radius 1 is 1.32 bits per heavy atom. The van der Waals surface area contributed by atoms with Crippen LogP contribution in [-0.4, -0.2) is 35.7 Å². The lowest BCUT2D eigenvalue weighted by atomic mass is 10.00. The van der Waals surface area contributed by atoms with E-state index in [2.05, 4.69) is 38.4 Å². The second-order valence-corrected chi connectivity index (χ2v) is 7.16. The first-order valence-corrected chi connectivity index (χ1v) is 9.43. The average molecular weight is 384 g/mol. The fourth-order valence-electron chi connectivity index (χ4n) is 3.01. The van der Waals surface area contributed by atoms with Gasteiger partial charge >= 0.3 is 0 Å².